The highest BCUT2D eigenvalue weighted by molar-refractivity contribution is 5.88. The van der Waals surface area contributed by atoms with E-state index in [1.165, 1.54) is 18.4 Å². The van der Waals surface area contributed by atoms with Gasteiger partial charge in [-0.25, -0.2) is 4.79 Å². The number of carboxylic acids is 1. The van der Waals surface area contributed by atoms with Gasteiger partial charge in [0.05, 0.1) is 6.10 Å². The van der Waals surface area contributed by atoms with Crippen molar-refractivity contribution in [3.63, 3.8) is 0 Å². The van der Waals surface area contributed by atoms with E-state index < -0.39 is 12.1 Å². The number of hydrogen-bond acceptors (Lipinski definition) is 2. The minimum Gasteiger partial charge on any atom is -0.478 e. The maximum Gasteiger partial charge on any atom is 0.331 e. The normalized spacial score (nSPS) is 38.5. The Labute approximate surface area is 178 Å². The average molecular weight is 403 g/mol. The maximum absolute atomic E-state index is 11.7. The van der Waals surface area contributed by atoms with Crippen LogP contribution in [0, 0.1) is 41.4 Å². The van der Waals surface area contributed by atoms with Gasteiger partial charge in [0.15, 0.2) is 0 Å². The van der Waals surface area contributed by atoms with Gasteiger partial charge in [-0.15, -0.1) is 0 Å². The number of benzene rings is 1. The molecule has 0 radical (unpaired) electrons. The molecule has 2 saturated carbocycles. The van der Waals surface area contributed by atoms with Crippen LogP contribution in [-0.2, 0) is 4.79 Å². The molecular weight excluding hydrogens is 372 g/mol. The van der Waals surface area contributed by atoms with Crippen LogP contribution in [0.3, 0.4) is 0 Å². The Hall–Kier alpha value is -2.39. The molecule has 0 amide bonds. The highest BCUT2D eigenvalue weighted by Crippen LogP contribution is 2.67. The van der Waals surface area contributed by atoms with Crippen LogP contribution in [0.5, 0.6) is 0 Å². The van der Waals surface area contributed by atoms with Crippen LogP contribution in [-0.4, -0.2) is 22.3 Å². The van der Waals surface area contributed by atoms with Crippen molar-refractivity contribution in [3.8, 4) is 0 Å². The lowest BCUT2D eigenvalue weighted by Gasteiger charge is -2.54. The molecule has 4 aliphatic carbocycles. The van der Waals surface area contributed by atoms with Gasteiger partial charge in [0.1, 0.15) is 0 Å². The Morgan fingerprint density at radius 1 is 1.07 bits per heavy atom. The monoisotopic (exact) mass is 402 g/mol. The maximum atomic E-state index is 11.7. The third-order valence-electron chi connectivity index (χ3n) is 8.06. The standard InChI is InChI=1S/C27H30O3/c28-24-16-22(27(29)30)20-14-13-19-18(21-15-23(24)26(20)25(19)21)12-8-3-1-2-5-9-17-10-6-4-7-11-17/h1-2,4-7,9-11,13-14,16,18-21,23-26,28H,3,8,12,15H2,(H,29,30)/t18-,19-,20+,21+,23+,24+,25-,26+/m1/s1. The molecule has 8 atom stereocenters. The van der Waals surface area contributed by atoms with E-state index in [0.29, 0.717) is 35.2 Å². The zero-order valence-corrected chi connectivity index (χ0v) is 17.2. The lowest BCUT2D eigenvalue weighted by Crippen LogP contribution is -2.50. The molecule has 156 valence electrons. The van der Waals surface area contributed by atoms with Crippen LogP contribution < -0.4 is 0 Å². The largest absolute Gasteiger partial charge is 0.478 e. The predicted octanol–water partition coefficient (Wildman–Crippen LogP) is 5.11. The van der Waals surface area contributed by atoms with Gasteiger partial charge in [0.25, 0.3) is 0 Å². The summed E-state index contributed by atoms with van der Waals surface area (Å²) in [5, 5.41) is 20.1. The molecule has 2 N–H and O–H groups in total. The summed E-state index contributed by atoms with van der Waals surface area (Å²) in [4.78, 5) is 11.7. The van der Waals surface area contributed by atoms with Crippen LogP contribution in [0.25, 0.3) is 6.08 Å². The lowest BCUT2D eigenvalue weighted by atomic mass is 9.50. The van der Waals surface area contributed by atoms with E-state index in [9.17, 15) is 15.0 Å². The molecule has 4 aliphatic rings. The van der Waals surface area contributed by atoms with E-state index in [1.54, 1.807) is 6.08 Å². The number of carbonyl (C=O) groups is 1. The van der Waals surface area contributed by atoms with Crippen LogP contribution in [0.4, 0.5) is 0 Å². The molecule has 3 nitrogen and oxygen atoms in total. The van der Waals surface area contributed by atoms with Crippen molar-refractivity contribution in [1.29, 1.82) is 0 Å². The number of allylic oxidation sites excluding steroid dienone is 5. The van der Waals surface area contributed by atoms with Gasteiger partial charge in [-0.3, -0.25) is 0 Å². The van der Waals surface area contributed by atoms with E-state index in [1.807, 2.05) is 18.2 Å². The zero-order valence-electron chi connectivity index (χ0n) is 17.2. The summed E-state index contributed by atoms with van der Waals surface area (Å²) in [6.07, 6.45) is 18.7. The Morgan fingerprint density at radius 2 is 1.90 bits per heavy atom. The third-order valence-corrected chi connectivity index (χ3v) is 8.06. The first-order valence-corrected chi connectivity index (χ1v) is 11.3. The summed E-state index contributed by atoms with van der Waals surface area (Å²) in [7, 11) is 0. The molecular formula is C27H30O3. The molecule has 1 aromatic carbocycles. The van der Waals surface area contributed by atoms with E-state index >= 15 is 0 Å². The molecule has 0 aromatic heterocycles. The summed E-state index contributed by atoms with van der Waals surface area (Å²) in [5.41, 5.74) is 1.63. The zero-order chi connectivity index (χ0) is 20.7. The van der Waals surface area contributed by atoms with E-state index in [2.05, 4.69) is 48.6 Å². The molecule has 1 aromatic rings. The molecule has 0 saturated heterocycles. The highest BCUT2D eigenvalue weighted by Gasteiger charge is 2.63. The minimum atomic E-state index is -0.868. The van der Waals surface area contributed by atoms with Crippen molar-refractivity contribution in [2.75, 3.05) is 0 Å². The summed E-state index contributed by atoms with van der Waals surface area (Å²) in [6.45, 7) is 0. The van der Waals surface area contributed by atoms with Gasteiger partial charge in [-0.05, 0) is 72.8 Å². The SMILES string of the molecule is O=C(O)C1=C[C@H](O)[C@@H]2C[C@H]3[C@H](CCCC=CC=Cc4ccccc4)[C@H]4C=C[C@@H]1[C@@H]2[C@H]43. The Balaban J connectivity index is 1.16. The highest BCUT2D eigenvalue weighted by atomic mass is 16.4. The predicted molar refractivity (Wildman–Crippen MR) is 118 cm³/mol. The number of aliphatic hydroxyl groups is 1. The Kier molecular flexibility index (Phi) is 5.24. The number of aliphatic carboxylic acids is 1. The quantitative estimate of drug-likeness (QED) is 0.378. The molecule has 2 fully saturated rings. The topological polar surface area (TPSA) is 57.5 Å². The third kappa shape index (κ3) is 3.30. The number of hydrogen-bond donors (Lipinski definition) is 2. The number of unbranched alkanes of at least 4 members (excludes halogenated alkanes) is 1. The second-order valence-corrected chi connectivity index (χ2v) is 9.42. The van der Waals surface area contributed by atoms with Gasteiger partial charge in [-0.1, -0.05) is 66.8 Å². The molecule has 0 unspecified atom stereocenters. The Bertz CT molecular complexity index is 909. The summed E-state index contributed by atoms with van der Waals surface area (Å²) in [6, 6.07) is 10.3. The van der Waals surface area contributed by atoms with Crippen LogP contribution in [0.15, 0.2) is 72.4 Å². The van der Waals surface area contributed by atoms with E-state index in [0.717, 1.165) is 12.8 Å². The van der Waals surface area contributed by atoms with E-state index in [4.69, 9.17) is 0 Å². The first-order valence-electron chi connectivity index (χ1n) is 11.3. The smallest absolute Gasteiger partial charge is 0.331 e. The molecule has 0 heterocycles. The van der Waals surface area contributed by atoms with Gasteiger partial charge >= 0.3 is 5.97 Å². The fourth-order valence-electron chi connectivity index (χ4n) is 6.87. The summed E-state index contributed by atoms with van der Waals surface area (Å²) >= 11 is 0. The number of carboxylic acid groups (broad SMARTS) is 1. The first kappa shape index (κ1) is 19.6. The van der Waals surface area contributed by atoms with Crippen LogP contribution in [0.1, 0.15) is 31.2 Å². The van der Waals surface area contributed by atoms with Gasteiger partial charge in [0, 0.05) is 11.5 Å². The van der Waals surface area contributed by atoms with Crippen LogP contribution >= 0.6 is 0 Å². The van der Waals surface area contributed by atoms with Gasteiger partial charge in [-0.2, -0.15) is 0 Å². The van der Waals surface area contributed by atoms with Crippen molar-refractivity contribution in [2.45, 2.75) is 31.8 Å². The Morgan fingerprint density at radius 3 is 2.70 bits per heavy atom. The average Bonchev–Trinajstić information content (AvgIpc) is 3.11. The molecule has 0 aliphatic heterocycles. The fraction of sp³-hybridized carbons (Fsp3) is 0.444. The van der Waals surface area contributed by atoms with Gasteiger partial charge < -0.3 is 10.2 Å². The second-order valence-electron chi connectivity index (χ2n) is 9.42. The van der Waals surface area contributed by atoms with Crippen molar-refractivity contribution in [3.05, 3.63) is 77.9 Å². The number of aliphatic hydroxyl groups excluding tert-OH is 1. The first-order chi connectivity index (χ1) is 14.6. The van der Waals surface area contributed by atoms with E-state index in [-0.39, 0.29) is 11.8 Å². The molecule has 30 heavy (non-hydrogen) atoms. The van der Waals surface area contributed by atoms with Crippen molar-refractivity contribution < 1.29 is 15.0 Å². The van der Waals surface area contributed by atoms with Crippen LogP contribution in [0.2, 0.25) is 0 Å². The number of rotatable bonds is 7. The van der Waals surface area contributed by atoms with Crippen molar-refractivity contribution in [2.24, 2.45) is 41.4 Å². The molecule has 0 bridgehead atoms. The van der Waals surface area contributed by atoms with Crippen molar-refractivity contribution >= 4 is 12.0 Å². The molecule has 0 spiro atoms. The molecule has 5 rings (SSSR count). The summed E-state index contributed by atoms with van der Waals surface area (Å²) < 4.78 is 0. The fourth-order valence-corrected chi connectivity index (χ4v) is 6.87. The van der Waals surface area contributed by atoms with Gasteiger partial charge in [0.2, 0.25) is 0 Å². The summed E-state index contributed by atoms with van der Waals surface area (Å²) in [5.74, 6) is 2.24. The molecule has 3 heteroatoms. The minimum absolute atomic E-state index is 0.00225. The second kappa shape index (κ2) is 8.03. The van der Waals surface area contributed by atoms with Crippen molar-refractivity contribution in [1.82, 2.24) is 0 Å². The lowest BCUT2D eigenvalue weighted by molar-refractivity contribution is -0.134.